The van der Waals surface area contributed by atoms with Crippen molar-refractivity contribution in [1.29, 1.82) is 0 Å². The van der Waals surface area contributed by atoms with E-state index >= 15 is 0 Å². The van der Waals surface area contributed by atoms with Crippen LogP contribution in [0.1, 0.15) is 24.6 Å². The molecule has 1 N–H and O–H groups in total. The summed E-state index contributed by atoms with van der Waals surface area (Å²) in [6.07, 6.45) is 2.39. The molecule has 6 heteroatoms. The lowest BCUT2D eigenvalue weighted by atomic mass is 10.1. The average Bonchev–Trinajstić information content (AvgIpc) is 2.98. The molecule has 1 atom stereocenters. The van der Waals surface area contributed by atoms with Crippen LogP contribution in [0, 0.1) is 6.92 Å². The van der Waals surface area contributed by atoms with Gasteiger partial charge < -0.3 is 14.6 Å². The smallest absolute Gasteiger partial charge is 0.223 e. The Hall–Kier alpha value is -1.92. The van der Waals surface area contributed by atoms with Crippen molar-refractivity contribution in [3.63, 3.8) is 0 Å². The highest BCUT2D eigenvalue weighted by Gasteiger charge is 2.20. The minimum absolute atomic E-state index is 0.496. The second kappa shape index (κ2) is 8.08. The lowest BCUT2D eigenvalue weighted by molar-refractivity contribution is 0.173. The molecule has 1 aliphatic rings. The van der Waals surface area contributed by atoms with Crippen molar-refractivity contribution in [1.82, 2.24) is 20.4 Å². The summed E-state index contributed by atoms with van der Waals surface area (Å²) in [5.74, 6) is 2.33. The molecule has 6 nitrogen and oxygen atoms in total. The number of nitrogens with zero attached hydrogens (tertiary/aromatic N) is 3. The van der Waals surface area contributed by atoms with Gasteiger partial charge in [-0.15, -0.1) is 0 Å². The van der Waals surface area contributed by atoms with Crippen molar-refractivity contribution >= 4 is 0 Å². The van der Waals surface area contributed by atoms with Gasteiger partial charge in [0, 0.05) is 26.1 Å². The number of nitrogens with one attached hydrogen (secondary N) is 1. The maximum Gasteiger partial charge on any atom is 0.223 e. The lowest BCUT2D eigenvalue weighted by Gasteiger charge is -2.32. The van der Waals surface area contributed by atoms with E-state index in [2.05, 4.69) is 20.4 Å². The number of hydrogen-bond acceptors (Lipinski definition) is 6. The summed E-state index contributed by atoms with van der Waals surface area (Å²) in [7, 11) is 0. The number of rotatable bonds is 7. The third-order valence-electron chi connectivity index (χ3n) is 3.99. The summed E-state index contributed by atoms with van der Waals surface area (Å²) >= 11 is 0. The van der Waals surface area contributed by atoms with Gasteiger partial charge in [0.05, 0.1) is 6.54 Å². The fraction of sp³-hybridized carbons (Fsp3) is 0.529. The Morgan fingerprint density at radius 3 is 3.00 bits per heavy atom. The van der Waals surface area contributed by atoms with E-state index in [9.17, 15) is 0 Å². The Morgan fingerprint density at radius 2 is 2.22 bits per heavy atom. The second-order valence-corrected chi connectivity index (χ2v) is 5.92. The second-order valence-electron chi connectivity index (χ2n) is 5.92. The Labute approximate surface area is 136 Å². The van der Waals surface area contributed by atoms with Crippen molar-refractivity contribution in [2.24, 2.45) is 0 Å². The van der Waals surface area contributed by atoms with Crippen LogP contribution in [0.2, 0.25) is 0 Å². The molecule has 1 aromatic heterocycles. The van der Waals surface area contributed by atoms with Crippen LogP contribution in [0.15, 0.2) is 34.9 Å². The van der Waals surface area contributed by atoms with E-state index in [1.165, 1.54) is 12.8 Å². The zero-order valence-electron chi connectivity index (χ0n) is 13.6. The Bertz CT molecular complexity index is 587. The van der Waals surface area contributed by atoms with Crippen LogP contribution in [-0.2, 0) is 6.54 Å². The fourth-order valence-electron chi connectivity index (χ4n) is 2.92. The molecule has 0 unspecified atom stereocenters. The molecule has 23 heavy (non-hydrogen) atoms. The third kappa shape index (κ3) is 5.04. The minimum Gasteiger partial charge on any atom is -0.492 e. The number of aryl methyl sites for hydroxylation is 1. The molecule has 1 aromatic carbocycles. The van der Waals surface area contributed by atoms with Gasteiger partial charge in [-0.1, -0.05) is 23.4 Å². The van der Waals surface area contributed by atoms with E-state index in [1.807, 2.05) is 37.3 Å². The summed E-state index contributed by atoms with van der Waals surface area (Å²) in [6, 6.07) is 10.4. The van der Waals surface area contributed by atoms with Crippen LogP contribution < -0.4 is 10.1 Å². The first-order valence-corrected chi connectivity index (χ1v) is 8.22. The molecule has 1 saturated heterocycles. The molecular weight excluding hydrogens is 292 g/mol. The first-order valence-electron chi connectivity index (χ1n) is 8.22. The lowest BCUT2D eigenvalue weighted by Crippen LogP contribution is -2.46. The van der Waals surface area contributed by atoms with E-state index in [1.54, 1.807) is 0 Å². The summed E-state index contributed by atoms with van der Waals surface area (Å²) in [5, 5.41) is 7.56. The van der Waals surface area contributed by atoms with Crippen molar-refractivity contribution in [3.8, 4) is 5.75 Å². The normalized spacial score (nSPS) is 18.9. The molecule has 2 heterocycles. The minimum atomic E-state index is 0.496. The van der Waals surface area contributed by atoms with Gasteiger partial charge in [-0.25, -0.2) is 0 Å². The number of ether oxygens (including phenoxy) is 1. The standard InChI is InChI=1S/C17H24N4O2/c1-14-19-17(20-23-14)13-21-10-5-6-15(12-21)18-9-11-22-16-7-3-2-4-8-16/h2-4,7-8,15,18H,5-6,9-13H2,1H3/t15-/m1/s1. The maximum absolute atomic E-state index is 5.71. The third-order valence-corrected chi connectivity index (χ3v) is 3.99. The molecule has 0 saturated carbocycles. The van der Waals surface area contributed by atoms with Gasteiger partial charge in [0.25, 0.3) is 0 Å². The number of aromatic nitrogens is 2. The molecule has 124 valence electrons. The summed E-state index contributed by atoms with van der Waals surface area (Å²) in [4.78, 5) is 6.66. The Morgan fingerprint density at radius 1 is 1.35 bits per heavy atom. The molecule has 3 rings (SSSR count). The highest BCUT2D eigenvalue weighted by Crippen LogP contribution is 2.13. The van der Waals surface area contributed by atoms with Crippen molar-refractivity contribution in [3.05, 3.63) is 42.0 Å². The van der Waals surface area contributed by atoms with E-state index in [4.69, 9.17) is 9.26 Å². The van der Waals surface area contributed by atoms with E-state index < -0.39 is 0 Å². The monoisotopic (exact) mass is 316 g/mol. The molecule has 0 amide bonds. The van der Waals surface area contributed by atoms with Crippen molar-refractivity contribution in [2.75, 3.05) is 26.2 Å². The zero-order chi connectivity index (χ0) is 15.9. The first-order chi connectivity index (χ1) is 11.3. The quantitative estimate of drug-likeness (QED) is 0.789. The molecule has 0 spiro atoms. The highest BCUT2D eigenvalue weighted by atomic mass is 16.5. The number of piperidine rings is 1. The summed E-state index contributed by atoms with van der Waals surface area (Å²) in [5.41, 5.74) is 0. The van der Waals surface area contributed by atoms with Gasteiger partial charge in [-0.2, -0.15) is 4.98 Å². The fourth-order valence-corrected chi connectivity index (χ4v) is 2.92. The van der Waals surface area contributed by atoms with Crippen LogP contribution in [-0.4, -0.2) is 47.3 Å². The Kier molecular flexibility index (Phi) is 5.60. The average molecular weight is 316 g/mol. The van der Waals surface area contributed by atoms with Gasteiger partial charge >= 0.3 is 0 Å². The van der Waals surface area contributed by atoms with Gasteiger partial charge in [0.2, 0.25) is 5.89 Å². The van der Waals surface area contributed by atoms with Gasteiger partial charge in [-0.3, -0.25) is 4.90 Å². The predicted octanol–water partition coefficient (Wildman–Crippen LogP) is 2.01. The SMILES string of the molecule is Cc1nc(CN2CCC[C@@H](NCCOc3ccccc3)C2)no1. The Balaban J connectivity index is 1.37. The highest BCUT2D eigenvalue weighted by molar-refractivity contribution is 5.20. The first kappa shape index (κ1) is 16.0. The molecule has 0 radical (unpaired) electrons. The van der Waals surface area contributed by atoms with Crippen LogP contribution >= 0.6 is 0 Å². The molecule has 0 aliphatic carbocycles. The van der Waals surface area contributed by atoms with Gasteiger partial charge in [-0.05, 0) is 31.5 Å². The van der Waals surface area contributed by atoms with Crippen molar-refractivity contribution in [2.45, 2.75) is 32.4 Å². The predicted molar refractivity (Wildman–Crippen MR) is 87.3 cm³/mol. The van der Waals surface area contributed by atoms with Gasteiger partial charge in [0.1, 0.15) is 12.4 Å². The van der Waals surface area contributed by atoms with Crippen LogP contribution in [0.3, 0.4) is 0 Å². The van der Waals surface area contributed by atoms with E-state index in [0.717, 1.165) is 37.8 Å². The number of para-hydroxylation sites is 1. The molecule has 2 aromatic rings. The summed E-state index contributed by atoms with van der Waals surface area (Å²) < 4.78 is 10.7. The maximum atomic E-state index is 5.71. The zero-order valence-corrected chi connectivity index (χ0v) is 13.6. The van der Waals surface area contributed by atoms with E-state index in [0.29, 0.717) is 18.5 Å². The molecular formula is C17H24N4O2. The topological polar surface area (TPSA) is 63.4 Å². The molecule has 1 fully saturated rings. The van der Waals surface area contributed by atoms with Crippen LogP contribution in [0.25, 0.3) is 0 Å². The number of hydrogen-bond donors (Lipinski definition) is 1. The molecule has 1 aliphatic heterocycles. The van der Waals surface area contributed by atoms with Crippen LogP contribution in [0.4, 0.5) is 0 Å². The van der Waals surface area contributed by atoms with Gasteiger partial charge in [0.15, 0.2) is 5.82 Å². The van der Waals surface area contributed by atoms with Crippen LogP contribution in [0.5, 0.6) is 5.75 Å². The summed E-state index contributed by atoms with van der Waals surface area (Å²) in [6.45, 7) is 6.23. The number of likely N-dealkylation sites (tertiary alicyclic amines) is 1. The van der Waals surface area contributed by atoms with Crippen molar-refractivity contribution < 1.29 is 9.26 Å². The molecule has 0 bridgehead atoms. The van der Waals surface area contributed by atoms with E-state index in [-0.39, 0.29) is 0 Å². The number of benzene rings is 1. The largest absolute Gasteiger partial charge is 0.492 e.